The minimum absolute atomic E-state index is 0.144. The lowest BCUT2D eigenvalue weighted by molar-refractivity contribution is -0.144. The van der Waals surface area contributed by atoms with E-state index >= 15 is 0 Å². The van der Waals surface area contributed by atoms with E-state index in [9.17, 15) is 9.59 Å². The Labute approximate surface area is 166 Å². The molecular formula is C22H31NO5. The molecule has 2 atom stereocenters. The van der Waals surface area contributed by atoms with E-state index in [1.54, 1.807) is 6.26 Å². The first-order valence-electron chi connectivity index (χ1n) is 10.5. The Morgan fingerprint density at radius 3 is 2.71 bits per heavy atom. The van der Waals surface area contributed by atoms with E-state index < -0.39 is 0 Å². The van der Waals surface area contributed by atoms with Crippen LogP contribution in [-0.2, 0) is 19.1 Å². The highest BCUT2D eigenvalue weighted by Gasteiger charge is 2.56. The number of Topliss-reactive ketones (excluding diaryl/α,β-unsaturated/α-hetero) is 1. The molecule has 0 spiro atoms. The number of hydrogen-bond acceptors (Lipinski definition) is 6. The summed E-state index contributed by atoms with van der Waals surface area (Å²) in [5.74, 6) is 0.657. The SMILES string of the molecule is CC(=Cc1coc(C)n1)C12CCOC(=O)CCCC(=O)CCCCCCC1O2. The van der Waals surface area contributed by atoms with Crippen LogP contribution in [0.2, 0.25) is 0 Å². The second-order valence-electron chi connectivity index (χ2n) is 7.93. The molecular weight excluding hydrogens is 358 g/mol. The summed E-state index contributed by atoms with van der Waals surface area (Å²) in [6.07, 6.45) is 11.6. The van der Waals surface area contributed by atoms with Gasteiger partial charge in [-0.3, -0.25) is 9.59 Å². The van der Waals surface area contributed by atoms with Crippen molar-refractivity contribution in [1.29, 1.82) is 0 Å². The van der Waals surface area contributed by atoms with Crippen molar-refractivity contribution < 1.29 is 23.5 Å². The predicted molar refractivity (Wildman–Crippen MR) is 105 cm³/mol. The van der Waals surface area contributed by atoms with Crippen LogP contribution < -0.4 is 0 Å². The van der Waals surface area contributed by atoms with Crippen molar-refractivity contribution in [2.24, 2.45) is 0 Å². The molecule has 0 bridgehead atoms. The van der Waals surface area contributed by atoms with E-state index in [0.29, 0.717) is 44.6 Å². The van der Waals surface area contributed by atoms with Gasteiger partial charge >= 0.3 is 5.97 Å². The van der Waals surface area contributed by atoms with Crippen LogP contribution in [0.15, 0.2) is 16.3 Å². The Bertz CT molecular complexity index is 722. The highest BCUT2D eigenvalue weighted by atomic mass is 16.6. The molecule has 2 aliphatic rings. The monoisotopic (exact) mass is 389 g/mol. The van der Waals surface area contributed by atoms with E-state index in [4.69, 9.17) is 13.9 Å². The molecule has 2 saturated heterocycles. The fourth-order valence-corrected chi connectivity index (χ4v) is 4.02. The van der Waals surface area contributed by atoms with Crippen LogP contribution in [0.5, 0.6) is 0 Å². The number of rotatable bonds is 2. The molecule has 0 aromatic carbocycles. The van der Waals surface area contributed by atoms with Gasteiger partial charge in [0.25, 0.3) is 0 Å². The Hall–Kier alpha value is -1.95. The summed E-state index contributed by atoms with van der Waals surface area (Å²) in [5, 5.41) is 0. The molecule has 2 unspecified atom stereocenters. The number of carbonyl (C=O) groups is 2. The van der Waals surface area contributed by atoms with Gasteiger partial charge in [-0.1, -0.05) is 19.3 Å². The zero-order valence-electron chi connectivity index (χ0n) is 17.0. The van der Waals surface area contributed by atoms with E-state index in [2.05, 4.69) is 11.9 Å². The van der Waals surface area contributed by atoms with Gasteiger partial charge in [-0.2, -0.15) is 0 Å². The highest BCUT2D eigenvalue weighted by molar-refractivity contribution is 5.79. The van der Waals surface area contributed by atoms with E-state index in [1.807, 2.05) is 13.0 Å². The zero-order valence-corrected chi connectivity index (χ0v) is 17.0. The summed E-state index contributed by atoms with van der Waals surface area (Å²) in [5.41, 5.74) is 1.50. The largest absolute Gasteiger partial charge is 0.466 e. The van der Waals surface area contributed by atoms with Crippen molar-refractivity contribution in [1.82, 2.24) is 4.98 Å². The minimum atomic E-state index is -0.375. The van der Waals surface area contributed by atoms with E-state index in [0.717, 1.165) is 43.4 Å². The molecule has 28 heavy (non-hydrogen) atoms. The molecule has 0 amide bonds. The van der Waals surface area contributed by atoms with Crippen molar-refractivity contribution in [3.8, 4) is 0 Å². The Morgan fingerprint density at radius 1 is 1.14 bits per heavy atom. The topological polar surface area (TPSA) is 81.9 Å². The summed E-state index contributed by atoms with van der Waals surface area (Å²) < 4.78 is 16.9. The maximum Gasteiger partial charge on any atom is 0.305 e. The first-order chi connectivity index (χ1) is 13.5. The summed E-state index contributed by atoms with van der Waals surface area (Å²) in [6.45, 7) is 4.20. The lowest BCUT2D eigenvalue weighted by Crippen LogP contribution is -2.21. The molecule has 2 fully saturated rings. The van der Waals surface area contributed by atoms with Gasteiger partial charge in [-0.05, 0) is 37.8 Å². The van der Waals surface area contributed by atoms with Crippen LogP contribution in [0.1, 0.15) is 82.7 Å². The third-order valence-electron chi connectivity index (χ3n) is 5.73. The fourth-order valence-electron chi connectivity index (χ4n) is 4.02. The van der Waals surface area contributed by atoms with E-state index in [-0.39, 0.29) is 23.5 Å². The molecule has 3 rings (SSSR count). The van der Waals surface area contributed by atoms with Gasteiger partial charge < -0.3 is 13.9 Å². The van der Waals surface area contributed by atoms with Crippen molar-refractivity contribution in [3.05, 3.63) is 23.4 Å². The number of aromatic nitrogens is 1. The van der Waals surface area contributed by atoms with Crippen molar-refractivity contribution in [2.75, 3.05) is 6.61 Å². The molecule has 0 aliphatic carbocycles. The van der Waals surface area contributed by atoms with E-state index in [1.165, 1.54) is 0 Å². The average molecular weight is 389 g/mol. The van der Waals surface area contributed by atoms with Crippen molar-refractivity contribution in [3.63, 3.8) is 0 Å². The molecule has 1 aromatic rings. The number of ether oxygens (including phenoxy) is 2. The van der Waals surface area contributed by atoms with Gasteiger partial charge in [0.2, 0.25) is 0 Å². The number of carbonyl (C=O) groups excluding carboxylic acids is 2. The van der Waals surface area contributed by atoms with Crippen LogP contribution in [-0.4, -0.2) is 35.0 Å². The number of epoxide rings is 1. The number of fused-ring (bicyclic) bond motifs is 1. The van der Waals surface area contributed by atoms with Gasteiger partial charge in [0.05, 0.1) is 12.7 Å². The van der Waals surface area contributed by atoms with Gasteiger partial charge in [0, 0.05) is 32.6 Å². The average Bonchev–Trinajstić information content (AvgIpc) is 3.21. The summed E-state index contributed by atoms with van der Waals surface area (Å²) >= 11 is 0. The van der Waals surface area contributed by atoms with Crippen LogP contribution in [0.3, 0.4) is 0 Å². The maximum atomic E-state index is 12.0. The van der Waals surface area contributed by atoms with Crippen LogP contribution in [0.25, 0.3) is 6.08 Å². The summed E-state index contributed by atoms with van der Waals surface area (Å²) in [6, 6.07) is 0. The molecule has 6 nitrogen and oxygen atoms in total. The molecule has 0 saturated carbocycles. The Balaban J connectivity index is 1.64. The first kappa shape index (κ1) is 20.8. The normalized spacial score (nSPS) is 28.5. The number of hydrogen-bond donors (Lipinski definition) is 0. The first-order valence-corrected chi connectivity index (χ1v) is 10.5. The fraction of sp³-hybridized carbons (Fsp3) is 0.682. The molecule has 2 aliphatic heterocycles. The maximum absolute atomic E-state index is 12.0. The number of nitrogens with zero attached hydrogens (tertiary/aromatic N) is 1. The number of esters is 1. The van der Waals surface area contributed by atoms with Gasteiger partial charge in [-0.25, -0.2) is 4.98 Å². The Morgan fingerprint density at radius 2 is 1.93 bits per heavy atom. The minimum Gasteiger partial charge on any atom is -0.466 e. The standard InChI is InChI=1S/C22H31NO5/c1-16(14-18-15-27-17(2)23-18)22-12-13-26-21(25)11-7-9-19(24)8-5-3-4-6-10-20(22)28-22/h14-15,20H,3-13H2,1-2H3. The molecule has 1 aromatic heterocycles. The van der Waals surface area contributed by atoms with Gasteiger partial charge in [0.15, 0.2) is 5.89 Å². The smallest absolute Gasteiger partial charge is 0.305 e. The van der Waals surface area contributed by atoms with Gasteiger partial charge in [0.1, 0.15) is 23.3 Å². The molecule has 0 N–H and O–H groups in total. The second-order valence-corrected chi connectivity index (χ2v) is 7.93. The molecule has 6 heteroatoms. The number of aryl methyl sites for hydroxylation is 1. The molecule has 3 heterocycles. The van der Waals surface area contributed by atoms with Gasteiger partial charge in [-0.15, -0.1) is 0 Å². The van der Waals surface area contributed by atoms with Crippen LogP contribution in [0.4, 0.5) is 0 Å². The third-order valence-corrected chi connectivity index (χ3v) is 5.73. The zero-order chi connectivity index (χ0) is 20.0. The third kappa shape index (κ3) is 5.53. The quantitative estimate of drug-likeness (QED) is 0.545. The number of cyclic esters (lactones) is 1. The predicted octanol–water partition coefficient (Wildman–Crippen LogP) is 4.55. The van der Waals surface area contributed by atoms with Crippen molar-refractivity contribution >= 4 is 17.8 Å². The van der Waals surface area contributed by atoms with Crippen LogP contribution >= 0.6 is 0 Å². The Kier molecular flexibility index (Phi) is 7.05. The second kappa shape index (κ2) is 9.50. The van der Waals surface area contributed by atoms with Crippen molar-refractivity contribution in [2.45, 2.75) is 89.8 Å². The molecule has 0 radical (unpaired) electrons. The number of oxazole rings is 1. The lowest BCUT2D eigenvalue weighted by atomic mass is 9.90. The molecule has 154 valence electrons. The van der Waals surface area contributed by atoms with Crippen LogP contribution in [0, 0.1) is 6.92 Å². The summed E-state index contributed by atoms with van der Waals surface area (Å²) in [7, 11) is 0. The number of ketones is 1. The highest BCUT2D eigenvalue weighted by Crippen LogP contribution is 2.49. The summed E-state index contributed by atoms with van der Waals surface area (Å²) in [4.78, 5) is 28.1. The lowest BCUT2D eigenvalue weighted by Gasteiger charge is -2.15.